The normalized spacial score (nSPS) is 15.6. The number of benzene rings is 1. The van der Waals surface area contributed by atoms with Gasteiger partial charge in [-0.05, 0) is 55.4 Å². The predicted octanol–water partition coefficient (Wildman–Crippen LogP) is 4.24. The Hall–Kier alpha value is -2.66. The van der Waals surface area contributed by atoms with Crippen LogP contribution in [0.25, 0.3) is 22.4 Å². The Morgan fingerprint density at radius 3 is 2.56 bits per heavy atom. The van der Waals surface area contributed by atoms with Crippen molar-refractivity contribution in [1.29, 1.82) is 0 Å². The Labute approximate surface area is 229 Å². The third kappa shape index (κ3) is 6.40. The second-order valence-corrected chi connectivity index (χ2v) is 12.9. The zero-order valence-corrected chi connectivity index (χ0v) is 24.7. The van der Waals surface area contributed by atoms with E-state index < -0.39 is 18.1 Å². The minimum absolute atomic E-state index is 0.0999. The number of nitrogens with one attached hydrogen (secondary N) is 1. The van der Waals surface area contributed by atoms with Gasteiger partial charge in [0.1, 0.15) is 17.1 Å². The number of aromatic nitrogens is 4. The highest BCUT2D eigenvalue weighted by molar-refractivity contribution is 7.89. The molecule has 11 nitrogen and oxygen atoms in total. The Bertz CT molecular complexity index is 1490. The van der Waals surface area contributed by atoms with Crippen LogP contribution in [-0.2, 0) is 32.6 Å². The van der Waals surface area contributed by atoms with Gasteiger partial charge >= 0.3 is 8.03 Å². The summed E-state index contributed by atoms with van der Waals surface area (Å²) >= 11 is 0. The number of nitrogens with zero attached hydrogens (tertiary/aromatic N) is 4. The first-order valence-corrected chi connectivity index (χ1v) is 16.3. The van der Waals surface area contributed by atoms with Crippen LogP contribution in [0.15, 0.2) is 27.9 Å². The van der Waals surface area contributed by atoms with Crippen molar-refractivity contribution in [2.45, 2.75) is 57.8 Å². The fourth-order valence-electron chi connectivity index (χ4n) is 4.86. The summed E-state index contributed by atoms with van der Waals surface area (Å²) in [5.41, 5.74) is 1.64. The standard InChI is InChI=1S/C26H36N5O6PS/c1-5-8-21-23-24(30(4)29-21)26(32)28-25(27-23)20-16-19(9-10-22(20)36-15-6-2)39(34,35)31-13-11-18(12-14-31)17-38(33)37-7-3/h9-10,16,18H,5-8,11-15,17H2,1-4H3/p+1. The highest BCUT2D eigenvalue weighted by Crippen LogP contribution is 2.35. The highest BCUT2D eigenvalue weighted by Gasteiger charge is 2.34. The van der Waals surface area contributed by atoms with Gasteiger partial charge in [-0.2, -0.15) is 9.40 Å². The molecule has 1 unspecified atom stereocenters. The molecule has 0 amide bonds. The van der Waals surface area contributed by atoms with E-state index in [4.69, 9.17) is 14.2 Å². The topological polar surface area (TPSA) is 136 Å². The van der Waals surface area contributed by atoms with E-state index in [-0.39, 0.29) is 22.2 Å². The zero-order chi connectivity index (χ0) is 28.2. The average Bonchev–Trinajstić information content (AvgIpc) is 3.23. The number of aryl methyl sites for hydroxylation is 2. The Morgan fingerprint density at radius 2 is 1.90 bits per heavy atom. The summed E-state index contributed by atoms with van der Waals surface area (Å²) in [4.78, 5) is 20.7. The van der Waals surface area contributed by atoms with Crippen LogP contribution in [0.1, 0.15) is 52.1 Å². The molecule has 2 aromatic heterocycles. The molecule has 0 radical (unpaired) electrons. The van der Waals surface area contributed by atoms with Crippen LogP contribution in [0.3, 0.4) is 0 Å². The molecule has 3 aromatic rings. The van der Waals surface area contributed by atoms with Crippen LogP contribution in [0.2, 0.25) is 0 Å². The van der Waals surface area contributed by atoms with Crippen LogP contribution < -0.4 is 10.3 Å². The number of H-pyrrole nitrogens is 1. The van der Waals surface area contributed by atoms with Crippen LogP contribution >= 0.6 is 8.03 Å². The van der Waals surface area contributed by atoms with Crippen LogP contribution in [-0.4, -0.2) is 64.9 Å². The fraction of sp³-hybridized carbons (Fsp3) is 0.577. The largest absolute Gasteiger partial charge is 0.508 e. The molecular formula is C26H37N5O6PS+. The molecule has 1 N–H and O–H groups in total. The number of rotatable bonds is 12. The first-order valence-electron chi connectivity index (χ1n) is 13.5. The summed E-state index contributed by atoms with van der Waals surface area (Å²) in [6, 6.07) is 4.68. The SMILES string of the molecule is CCCOc1ccc(S(=O)(=O)N2CCC(C[P+](=O)OCC)CC2)cc1-c1nc2c(CCC)nn(C)c2c(=O)[nH]1. The molecule has 1 aliphatic rings. The van der Waals surface area contributed by atoms with E-state index >= 15 is 0 Å². The second kappa shape index (κ2) is 12.7. The molecule has 39 heavy (non-hydrogen) atoms. The van der Waals surface area contributed by atoms with E-state index in [1.807, 2.05) is 13.8 Å². The van der Waals surface area contributed by atoms with Gasteiger partial charge in [-0.15, -0.1) is 4.52 Å². The minimum atomic E-state index is -3.82. The molecule has 1 aromatic carbocycles. The fourth-order valence-corrected chi connectivity index (χ4v) is 7.54. The molecule has 0 aliphatic carbocycles. The van der Waals surface area contributed by atoms with E-state index in [0.29, 0.717) is 74.1 Å². The van der Waals surface area contributed by atoms with Gasteiger partial charge in [-0.3, -0.25) is 9.48 Å². The maximum atomic E-state index is 13.6. The quantitative estimate of drug-likeness (QED) is 0.315. The predicted molar refractivity (Wildman–Crippen MR) is 150 cm³/mol. The first kappa shape index (κ1) is 29.3. The third-order valence-corrected chi connectivity index (χ3v) is 10.1. The number of fused-ring (bicyclic) bond motifs is 1. The lowest BCUT2D eigenvalue weighted by atomic mass is 10.0. The number of hydrogen-bond acceptors (Lipinski definition) is 8. The molecule has 212 valence electrons. The lowest BCUT2D eigenvalue weighted by Crippen LogP contribution is -2.39. The highest BCUT2D eigenvalue weighted by atomic mass is 32.2. The van der Waals surface area contributed by atoms with Crippen molar-refractivity contribution < 1.29 is 22.2 Å². The Morgan fingerprint density at radius 1 is 1.15 bits per heavy atom. The van der Waals surface area contributed by atoms with Crippen molar-refractivity contribution in [1.82, 2.24) is 24.1 Å². The molecule has 0 bridgehead atoms. The summed E-state index contributed by atoms with van der Waals surface area (Å²) in [6.45, 7) is 7.31. The maximum absolute atomic E-state index is 13.6. The monoisotopic (exact) mass is 578 g/mol. The molecule has 13 heteroatoms. The molecule has 1 aliphatic heterocycles. The summed E-state index contributed by atoms with van der Waals surface area (Å²) < 4.78 is 53.4. The van der Waals surface area contributed by atoms with Gasteiger partial charge in [0.05, 0.1) is 29.4 Å². The third-order valence-electron chi connectivity index (χ3n) is 6.81. The molecule has 0 spiro atoms. The van der Waals surface area contributed by atoms with Crippen molar-refractivity contribution in [3.05, 3.63) is 34.2 Å². The smallest absolute Gasteiger partial charge is 0.493 e. The van der Waals surface area contributed by atoms with E-state index in [1.165, 1.54) is 21.1 Å². The lowest BCUT2D eigenvalue weighted by molar-refractivity contribution is 0.281. The Kier molecular flexibility index (Phi) is 9.53. The van der Waals surface area contributed by atoms with Gasteiger partial charge in [0, 0.05) is 26.1 Å². The van der Waals surface area contributed by atoms with Gasteiger partial charge < -0.3 is 9.72 Å². The zero-order valence-electron chi connectivity index (χ0n) is 23.0. The van der Waals surface area contributed by atoms with E-state index in [9.17, 15) is 17.8 Å². The van der Waals surface area contributed by atoms with Gasteiger partial charge in [-0.25, -0.2) is 13.4 Å². The van der Waals surface area contributed by atoms with Gasteiger partial charge in [0.2, 0.25) is 10.0 Å². The van der Waals surface area contributed by atoms with Gasteiger partial charge in [0.15, 0.2) is 11.7 Å². The summed E-state index contributed by atoms with van der Waals surface area (Å²) in [5, 5.41) is 4.47. The van der Waals surface area contributed by atoms with E-state index in [0.717, 1.165) is 18.5 Å². The molecule has 1 fully saturated rings. The molecule has 0 saturated carbocycles. The van der Waals surface area contributed by atoms with Crippen molar-refractivity contribution in [3.63, 3.8) is 0 Å². The average molecular weight is 579 g/mol. The summed E-state index contributed by atoms with van der Waals surface area (Å²) in [7, 11) is -3.83. The first-order chi connectivity index (χ1) is 18.7. The van der Waals surface area contributed by atoms with E-state index in [2.05, 4.69) is 10.1 Å². The number of hydrogen-bond donors (Lipinski definition) is 1. The van der Waals surface area contributed by atoms with Crippen LogP contribution in [0.5, 0.6) is 5.75 Å². The molecule has 4 rings (SSSR count). The minimum Gasteiger partial charge on any atom is -0.493 e. The van der Waals surface area contributed by atoms with Crippen molar-refractivity contribution in [2.24, 2.45) is 13.0 Å². The van der Waals surface area contributed by atoms with Gasteiger partial charge in [-0.1, -0.05) is 20.3 Å². The number of aromatic amines is 1. The number of ether oxygens (including phenoxy) is 1. The van der Waals surface area contributed by atoms with Crippen molar-refractivity contribution >= 4 is 29.1 Å². The van der Waals surface area contributed by atoms with Crippen LogP contribution in [0.4, 0.5) is 0 Å². The summed E-state index contributed by atoms with van der Waals surface area (Å²) in [5.74, 6) is 0.835. The molecule has 1 saturated heterocycles. The molecule has 3 heterocycles. The second-order valence-electron chi connectivity index (χ2n) is 9.72. The Balaban J connectivity index is 1.69. The van der Waals surface area contributed by atoms with Gasteiger partial charge in [0.25, 0.3) is 5.56 Å². The number of piperidine rings is 1. The van der Waals surface area contributed by atoms with Crippen molar-refractivity contribution in [2.75, 3.05) is 32.5 Å². The lowest BCUT2D eigenvalue weighted by Gasteiger charge is -2.29. The van der Waals surface area contributed by atoms with Crippen molar-refractivity contribution in [3.8, 4) is 17.1 Å². The number of sulfonamides is 1. The van der Waals surface area contributed by atoms with E-state index in [1.54, 1.807) is 20.0 Å². The summed E-state index contributed by atoms with van der Waals surface area (Å²) in [6.07, 6.45) is 3.94. The molecule has 1 atom stereocenters. The molecular weight excluding hydrogens is 541 g/mol. The van der Waals surface area contributed by atoms with Crippen LogP contribution in [0, 0.1) is 5.92 Å². The maximum Gasteiger partial charge on any atom is 0.508 e.